The lowest BCUT2D eigenvalue weighted by molar-refractivity contribution is -0.118. The Morgan fingerprint density at radius 2 is 2.32 bits per heavy atom. The van der Waals surface area contributed by atoms with Crippen molar-refractivity contribution in [3.8, 4) is 11.8 Å². The highest BCUT2D eigenvalue weighted by Crippen LogP contribution is 2.33. The Bertz CT molecular complexity index is 530. The van der Waals surface area contributed by atoms with E-state index < -0.39 is 0 Å². The third-order valence-electron chi connectivity index (χ3n) is 3.47. The first kappa shape index (κ1) is 13.4. The number of nitriles is 1. The van der Waals surface area contributed by atoms with Crippen molar-refractivity contribution in [2.24, 2.45) is 5.73 Å². The van der Waals surface area contributed by atoms with Crippen LogP contribution in [-0.2, 0) is 4.79 Å². The lowest BCUT2D eigenvalue weighted by Gasteiger charge is -2.37. The minimum Gasteiger partial charge on any atom is -0.495 e. The molecule has 1 aliphatic rings. The van der Waals surface area contributed by atoms with E-state index in [1.807, 2.05) is 6.07 Å². The van der Waals surface area contributed by atoms with Gasteiger partial charge in [0.15, 0.2) is 0 Å². The molecule has 2 rings (SSSR count). The first-order chi connectivity index (χ1) is 9.06. The number of ether oxygens (including phenoxy) is 1. The zero-order valence-electron chi connectivity index (χ0n) is 10.9. The molecule has 1 amide bonds. The number of hydrogen-bond donors (Lipinski definition) is 2. The van der Waals surface area contributed by atoms with E-state index >= 15 is 0 Å². The van der Waals surface area contributed by atoms with Crippen molar-refractivity contribution < 1.29 is 9.53 Å². The number of amides is 1. The molecule has 0 aliphatic heterocycles. The van der Waals surface area contributed by atoms with Gasteiger partial charge in [0.2, 0.25) is 5.91 Å². The maximum Gasteiger partial charge on any atom is 0.226 e. The summed E-state index contributed by atoms with van der Waals surface area (Å²) in [6.45, 7) is 0. The van der Waals surface area contributed by atoms with E-state index in [9.17, 15) is 4.79 Å². The maximum atomic E-state index is 11.9. The van der Waals surface area contributed by atoms with Gasteiger partial charge in [-0.15, -0.1) is 0 Å². The van der Waals surface area contributed by atoms with Crippen LogP contribution >= 0.6 is 0 Å². The van der Waals surface area contributed by atoms with Crippen LogP contribution in [0.15, 0.2) is 18.2 Å². The Labute approximate surface area is 112 Å². The number of nitrogens with two attached hydrogens (primary N) is 1. The van der Waals surface area contributed by atoms with Crippen molar-refractivity contribution >= 4 is 11.6 Å². The number of nitrogens with zero attached hydrogens (tertiary/aromatic N) is 1. The second kappa shape index (κ2) is 5.29. The summed E-state index contributed by atoms with van der Waals surface area (Å²) in [4.78, 5) is 11.9. The van der Waals surface area contributed by atoms with Gasteiger partial charge < -0.3 is 15.8 Å². The number of carbonyl (C=O) groups is 1. The molecule has 1 aliphatic carbocycles. The highest BCUT2D eigenvalue weighted by atomic mass is 16.5. The summed E-state index contributed by atoms with van der Waals surface area (Å²) in [6, 6.07) is 6.92. The summed E-state index contributed by atoms with van der Waals surface area (Å²) in [5, 5.41) is 11.6. The van der Waals surface area contributed by atoms with Crippen molar-refractivity contribution in [1.82, 2.24) is 0 Å². The molecule has 0 radical (unpaired) electrons. The molecule has 5 heteroatoms. The van der Waals surface area contributed by atoms with Gasteiger partial charge in [-0.05, 0) is 31.4 Å². The standard InChI is InChI=1S/C14H17N3O2/c1-19-12-7-10(9-15)3-4-11(12)17-13(18)8-14(16)5-2-6-14/h3-4,7H,2,5-6,8,16H2,1H3,(H,17,18). The van der Waals surface area contributed by atoms with Crippen LogP contribution in [0, 0.1) is 11.3 Å². The van der Waals surface area contributed by atoms with E-state index in [2.05, 4.69) is 5.32 Å². The summed E-state index contributed by atoms with van der Waals surface area (Å²) >= 11 is 0. The van der Waals surface area contributed by atoms with Crippen molar-refractivity contribution in [1.29, 1.82) is 5.26 Å². The largest absolute Gasteiger partial charge is 0.495 e. The van der Waals surface area contributed by atoms with Gasteiger partial charge in [0.1, 0.15) is 5.75 Å². The van der Waals surface area contributed by atoms with Gasteiger partial charge in [-0.3, -0.25) is 4.79 Å². The van der Waals surface area contributed by atoms with Crippen LogP contribution in [-0.4, -0.2) is 18.6 Å². The van der Waals surface area contributed by atoms with Crippen molar-refractivity contribution in [3.05, 3.63) is 23.8 Å². The van der Waals surface area contributed by atoms with Gasteiger partial charge in [0.25, 0.3) is 0 Å². The lowest BCUT2D eigenvalue weighted by Crippen LogP contribution is -2.48. The second-order valence-electron chi connectivity index (χ2n) is 4.97. The molecule has 0 atom stereocenters. The summed E-state index contributed by atoms with van der Waals surface area (Å²) in [5.41, 5.74) is 6.75. The minimum atomic E-state index is -0.343. The molecule has 1 saturated carbocycles. The van der Waals surface area contributed by atoms with Crippen LogP contribution in [0.4, 0.5) is 5.69 Å². The number of rotatable bonds is 4. The lowest BCUT2D eigenvalue weighted by atomic mass is 9.75. The van der Waals surface area contributed by atoms with Crippen LogP contribution in [0.2, 0.25) is 0 Å². The number of hydrogen-bond acceptors (Lipinski definition) is 4. The molecule has 0 unspecified atom stereocenters. The topological polar surface area (TPSA) is 88.1 Å². The van der Waals surface area contributed by atoms with Crippen molar-refractivity contribution in [3.63, 3.8) is 0 Å². The Morgan fingerprint density at radius 1 is 1.58 bits per heavy atom. The molecular weight excluding hydrogens is 242 g/mol. The zero-order valence-corrected chi connectivity index (χ0v) is 10.9. The highest BCUT2D eigenvalue weighted by molar-refractivity contribution is 5.93. The van der Waals surface area contributed by atoms with Gasteiger partial charge in [0, 0.05) is 18.0 Å². The SMILES string of the molecule is COc1cc(C#N)ccc1NC(=O)CC1(N)CCC1. The van der Waals surface area contributed by atoms with Gasteiger partial charge >= 0.3 is 0 Å². The molecule has 0 spiro atoms. The fourth-order valence-corrected chi connectivity index (χ4v) is 2.19. The van der Waals surface area contributed by atoms with Crippen LogP contribution in [0.25, 0.3) is 0 Å². The van der Waals surface area contributed by atoms with E-state index in [1.54, 1.807) is 18.2 Å². The first-order valence-electron chi connectivity index (χ1n) is 6.23. The monoisotopic (exact) mass is 259 g/mol. The van der Waals surface area contributed by atoms with E-state index in [-0.39, 0.29) is 11.4 Å². The molecule has 100 valence electrons. The Balaban J connectivity index is 2.06. The van der Waals surface area contributed by atoms with Crippen LogP contribution < -0.4 is 15.8 Å². The summed E-state index contributed by atoms with van der Waals surface area (Å²) < 4.78 is 5.16. The maximum absolute atomic E-state index is 11.9. The molecule has 19 heavy (non-hydrogen) atoms. The zero-order chi connectivity index (χ0) is 13.9. The van der Waals surface area contributed by atoms with Gasteiger partial charge in [-0.25, -0.2) is 0 Å². The molecule has 0 saturated heterocycles. The van der Waals surface area contributed by atoms with Gasteiger partial charge in [-0.1, -0.05) is 0 Å². The van der Waals surface area contributed by atoms with Crippen LogP contribution in [0.5, 0.6) is 5.75 Å². The van der Waals surface area contributed by atoms with Crippen LogP contribution in [0.3, 0.4) is 0 Å². The molecule has 1 aromatic carbocycles. The van der Waals surface area contributed by atoms with E-state index in [4.69, 9.17) is 15.7 Å². The molecule has 1 aromatic rings. The summed E-state index contributed by atoms with van der Waals surface area (Å²) in [6.07, 6.45) is 3.19. The number of benzene rings is 1. The molecule has 0 bridgehead atoms. The quantitative estimate of drug-likeness (QED) is 0.862. The highest BCUT2D eigenvalue weighted by Gasteiger charge is 2.34. The third kappa shape index (κ3) is 3.04. The minimum absolute atomic E-state index is 0.120. The fourth-order valence-electron chi connectivity index (χ4n) is 2.19. The predicted molar refractivity (Wildman–Crippen MR) is 71.7 cm³/mol. The normalized spacial score (nSPS) is 16.1. The Morgan fingerprint density at radius 3 is 2.84 bits per heavy atom. The van der Waals surface area contributed by atoms with E-state index in [0.29, 0.717) is 23.4 Å². The molecule has 3 N–H and O–H groups in total. The Hall–Kier alpha value is -2.06. The number of nitrogens with one attached hydrogen (secondary N) is 1. The summed E-state index contributed by atoms with van der Waals surface area (Å²) in [5.74, 6) is 0.359. The molecule has 0 aromatic heterocycles. The average Bonchev–Trinajstić information content (AvgIpc) is 2.37. The molecule has 1 fully saturated rings. The number of methoxy groups -OCH3 is 1. The number of anilines is 1. The Kier molecular flexibility index (Phi) is 3.72. The average molecular weight is 259 g/mol. The fraction of sp³-hybridized carbons (Fsp3) is 0.429. The predicted octanol–water partition coefficient (Wildman–Crippen LogP) is 1.78. The summed E-state index contributed by atoms with van der Waals surface area (Å²) in [7, 11) is 1.50. The van der Waals surface area contributed by atoms with Crippen LogP contribution in [0.1, 0.15) is 31.2 Å². The number of carbonyl (C=O) groups excluding carboxylic acids is 1. The van der Waals surface area contributed by atoms with Gasteiger partial charge in [0.05, 0.1) is 24.4 Å². The van der Waals surface area contributed by atoms with Crippen molar-refractivity contribution in [2.45, 2.75) is 31.2 Å². The molecular formula is C14H17N3O2. The van der Waals surface area contributed by atoms with E-state index in [1.165, 1.54) is 7.11 Å². The van der Waals surface area contributed by atoms with Gasteiger partial charge in [-0.2, -0.15) is 5.26 Å². The second-order valence-corrected chi connectivity index (χ2v) is 4.97. The smallest absolute Gasteiger partial charge is 0.226 e. The van der Waals surface area contributed by atoms with Crippen molar-refractivity contribution in [2.75, 3.05) is 12.4 Å². The first-order valence-corrected chi connectivity index (χ1v) is 6.23. The third-order valence-corrected chi connectivity index (χ3v) is 3.47. The molecule has 5 nitrogen and oxygen atoms in total. The van der Waals surface area contributed by atoms with E-state index in [0.717, 1.165) is 19.3 Å². The molecule has 0 heterocycles.